The third-order valence-electron chi connectivity index (χ3n) is 2.86. The summed E-state index contributed by atoms with van der Waals surface area (Å²) < 4.78 is 0.806. The van der Waals surface area contributed by atoms with Gasteiger partial charge in [0.25, 0.3) is 5.91 Å². The minimum Gasteiger partial charge on any atom is -0.388 e. The molecule has 1 aromatic rings. The fourth-order valence-corrected chi connectivity index (χ4v) is 2.46. The minimum atomic E-state index is -1.05. The van der Waals surface area contributed by atoms with Gasteiger partial charge in [-0.25, -0.2) is 0 Å². The lowest BCUT2D eigenvalue weighted by Crippen LogP contribution is -2.57. The molecule has 0 unspecified atom stereocenters. The largest absolute Gasteiger partial charge is 0.388 e. The summed E-state index contributed by atoms with van der Waals surface area (Å²) in [6.07, 6.45) is 0. The highest BCUT2D eigenvalue weighted by atomic mass is 35.5. The molecule has 2 N–H and O–H groups in total. The average Bonchev–Trinajstić information content (AvgIpc) is 2.42. The molecule has 6 heteroatoms. The van der Waals surface area contributed by atoms with E-state index in [0.29, 0.717) is 14.2 Å². The number of aliphatic hydroxyl groups is 1. The Hall–Kier alpha value is -0.290. The first kappa shape index (κ1) is 14.8. The summed E-state index contributed by atoms with van der Waals surface area (Å²) in [6.45, 7) is 6.75. The molecule has 1 rings (SSSR count). The van der Waals surface area contributed by atoms with Gasteiger partial charge in [-0.05, 0) is 33.8 Å². The van der Waals surface area contributed by atoms with Crippen molar-refractivity contribution in [2.75, 3.05) is 0 Å². The molecule has 1 amide bonds. The number of rotatable bonds is 3. The van der Waals surface area contributed by atoms with E-state index in [0.717, 1.165) is 11.3 Å². The van der Waals surface area contributed by atoms with Crippen molar-refractivity contribution in [3.05, 3.63) is 20.3 Å². The second-order valence-electron chi connectivity index (χ2n) is 4.88. The molecule has 0 bridgehead atoms. The number of hydrogen-bond donors (Lipinski definition) is 2. The van der Waals surface area contributed by atoms with Crippen LogP contribution in [0.5, 0.6) is 0 Å². The van der Waals surface area contributed by atoms with Gasteiger partial charge in [0.05, 0.1) is 21.0 Å². The summed E-state index contributed by atoms with van der Waals surface area (Å²) in [7, 11) is 0. The molecule has 0 aliphatic rings. The van der Waals surface area contributed by atoms with Crippen molar-refractivity contribution >= 4 is 40.4 Å². The van der Waals surface area contributed by atoms with Crippen LogP contribution in [0.15, 0.2) is 6.07 Å². The first-order chi connectivity index (χ1) is 7.54. The van der Waals surface area contributed by atoms with E-state index in [-0.39, 0.29) is 5.91 Å². The van der Waals surface area contributed by atoms with Crippen molar-refractivity contribution in [1.29, 1.82) is 0 Å². The van der Waals surface area contributed by atoms with Crippen molar-refractivity contribution in [2.45, 2.75) is 38.8 Å². The average molecular weight is 296 g/mol. The number of carbonyl (C=O) groups excluding carboxylic acids is 1. The lowest BCUT2D eigenvalue weighted by molar-refractivity contribution is -0.00291. The van der Waals surface area contributed by atoms with Gasteiger partial charge in [-0.1, -0.05) is 23.2 Å². The van der Waals surface area contributed by atoms with E-state index in [1.165, 1.54) is 6.07 Å². The van der Waals surface area contributed by atoms with Crippen LogP contribution in [0.2, 0.25) is 8.67 Å². The van der Waals surface area contributed by atoms with E-state index < -0.39 is 11.1 Å². The maximum Gasteiger partial charge on any atom is 0.254 e. The standard InChI is InChI=1S/C11H15Cl2NO2S/c1-10(2,11(3,4)16)14-9(15)6-5-7(12)17-8(6)13/h5,16H,1-4H3,(H,14,15). The zero-order valence-electron chi connectivity index (χ0n) is 10.1. The molecule has 1 aromatic heterocycles. The Balaban J connectivity index is 2.91. The normalized spacial score (nSPS) is 12.6. The second kappa shape index (κ2) is 4.76. The van der Waals surface area contributed by atoms with Crippen LogP contribution in [0, 0.1) is 0 Å². The van der Waals surface area contributed by atoms with E-state index in [1.807, 2.05) is 0 Å². The van der Waals surface area contributed by atoms with Crippen LogP contribution in [-0.4, -0.2) is 22.2 Å². The van der Waals surface area contributed by atoms with E-state index in [2.05, 4.69) is 5.32 Å². The highest BCUT2D eigenvalue weighted by molar-refractivity contribution is 7.20. The number of amides is 1. The highest BCUT2D eigenvalue weighted by Crippen LogP contribution is 2.31. The van der Waals surface area contributed by atoms with Crippen LogP contribution in [0.4, 0.5) is 0 Å². The van der Waals surface area contributed by atoms with E-state index in [9.17, 15) is 9.90 Å². The molecular formula is C11H15Cl2NO2S. The minimum absolute atomic E-state index is 0.332. The van der Waals surface area contributed by atoms with Crippen molar-refractivity contribution < 1.29 is 9.90 Å². The Labute approximate surface area is 115 Å². The lowest BCUT2D eigenvalue weighted by Gasteiger charge is -2.37. The zero-order chi connectivity index (χ0) is 13.4. The van der Waals surface area contributed by atoms with Crippen molar-refractivity contribution in [1.82, 2.24) is 5.32 Å². The van der Waals surface area contributed by atoms with Gasteiger partial charge < -0.3 is 10.4 Å². The van der Waals surface area contributed by atoms with Gasteiger partial charge in [-0.2, -0.15) is 0 Å². The first-order valence-electron chi connectivity index (χ1n) is 5.04. The first-order valence-corrected chi connectivity index (χ1v) is 6.61. The Kier molecular flexibility index (Phi) is 4.14. The molecule has 0 aliphatic heterocycles. The van der Waals surface area contributed by atoms with Gasteiger partial charge in [-0.3, -0.25) is 4.79 Å². The van der Waals surface area contributed by atoms with Gasteiger partial charge in [0.15, 0.2) is 0 Å². The second-order valence-corrected chi connectivity index (χ2v) is 7.16. The molecule has 17 heavy (non-hydrogen) atoms. The van der Waals surface area contributed by atoms with Gasteiger partial charge in [-0.15, -0.1) is 11.3 Å². The SMILES string of the molecule is CC(C)(O)C(C)(C)NC(=O)c1cc(Cl)sc1Cl. The van der Waals surface area contributed by atoms with Gasteiger partial charge in [0, 0.05) is 0 Å². The quantitative estimate of drug-likeness (QED) is 0.899. The van der Waals surface area contributed by atoms with Crippen molar-refractivity contribution in [2.24, 2.45) is 0 Å². The topological polar surface area (TPSA) is 49.3 Å². The molecule has 0 saturated carbocycles. The third-order valence-corrected chi connectivity index (χ3v) is 4.34. The summed E-state index contributed by atoms with van der Waals surface area (Å²) in [4.78, 5) is 12.0. The molecular weight excluding hydrogens is 281 g/mol. The number of carbonyl (C=O) groups is 1. The number of hydrogen-bond acceptors (Lipinski definition) is 3. The van der Waals surface area contributed by atoms with Crippen LogP contribution in [0.3, 0.4) is 0 Å². The summed E-state index contributed by atoms with van der Waals surface area (Å²) >= 11 is 12.8. The Morgan fingerprint density at radius 2 is 1.88 bits per heavy atom. The monoisotopic (exact) mass is 295 g/mol. The summed E-state index contributed by atoms with van der Waals surface area (Å²) in [5.74, 6) is -0.342. The summed E-state index contributed by atoms with van der Waals surface area (Å²) in [6, 6.07) is 1.52. The molecule has 1 heterocycles. The molecule has 3 nitrogen and oxygen atoms in total. The van der Waals surface area contributed by atoms with Crippen LogP contribution in [0.25, 0.3) is 0 Å². The maximum absolute atomic E-state index is 12.0. The zero-order valence-corrected chi connectivity index (χ0v) is 12.4. The molecule has 0 radical (unpaired) electrons. The van der Waals surface area contributed by atoms with Crippen LogP contribution in [-0.2, 0) is 0 Å². The summed E-state index contributed by atoms with van der Waals surface area (Å²) in [5, 5.41) is 12.7. The van der Waals surface area contributed by atoms with Crippen molar-refractivity contribution in [3.63, 3.8) is 0 Å². The van der Waals surface area contributed by atoms with Crippen molar-refractivity contribution in [3.8, 4) is 0 Å². The number of halogens is 2. The third kappa shape index (κ3) is 3.35. The molecule has 96 valence electrons. The fraction of sp³-hybridized carbons (Fsp3) is 0.545. The molecule has 0 aliphatic carbocycles. The number of thiophene rings is 1. The van der Waals surface area contributed by atoms with Gasteiger partial charge >= 0.3 is 0 Å². The molecule has 0 saturated heterocycles. The number of nitrogens with one attached hydrogen (secondary N) is 1. The molecule has 0 fully saturated rings. The predicted octanol–water partition coefficient (Wildman–Crippen LogP) is 3.33. The maximum atomic E-state index is 12.0. The Morgan fingerprint density at radius 3 is 2.24 bits per heavy atom. The van der Waals surface area contributed by atoms with E-state index in [4.69, 9.17) is 23.2 Å². The molecule has 0 aromatic carbocycles. The van der Waals surface area contributed by atoms with Crippen LogP contribution < -0.4 is 5.32 Å². The molecule has 0 spiro atoms. The molecule has 0 atom stereocenters. The van der Waals surface area contributed by atoms with Crippen LogP contribution >= 0.6 is 34.5 Å². The van der Waals surface area contributed by atoms with Gasteiger partial charge in [0.2, 0.25) is 0 Å². The smallest absolute Gasteiger partial charge is 0.254 e. The van der Waals surface area contributed by atoms with Crippen LogP contribution in [0.1, 0.15) is 38.1 Å². The van der Waals surface area contributed by atoms with E-state index >= 15 is 0 Å². The predicted molar refractivity (Wildman–Crippen MR) is 72.2 cm³/mol. The summed E-state index contributed by atoms with van der Waals surface area (Å²) in [5.41, 5.74) is -1.49. The Bertz CT molecular complexity index is 435. The van der Waals surface area contributed by atoms with E-state index in [1.54, 1.807) is 27.7 Å². The fourth-order valence-electron chi connectivity index (χ4n) is 0.999. The van der Waals surface area contributed by atoms with Gasteiger partial charge in [0.1, 0.15) is 4.34 Å². The highest BCUT2D eigenvalue weighted by Gasteiger charge is 2.37. The Morgan fingerprint density at radius 1 is 1.35 bits per heavy atom. The lowest BCUT2D eigenvalue weighted by atomic mass is 9.86.